The highest BCUT2D eigenvalue weighted by Crippen LogP contribution is 2.54. The first-order valence-corrected chi connectivity index (χ1v) is 30.9. The minimum absolute atomic E-state index is 0.0306. The van der Waals surface area contributed by atoms with Gasteiger partial charge in [0, 0.05) is 43.4 Å². The second-order valence-electron chi connectivity index (χ2n) is 22.1. The number of rotatable bonds is 18. The maximum absolute atomic E-state index is 13.8. The summed E-state index contributed by atoms with van der Waals surface area (Å²) in [5.41, 5.74) is -2.35. The molecule has 2 aromatic carbocycles. The summed E-state index contributed by atoms with van der Waals surface area (Å²) in [7, 11) is -9.16. The van der Waals surface area contributed by atoms with E-state index < -0.39 is 120 Å². The van der Waals surface area contributed by atoms with Crippen LogP contribution in [0.3, 0.4) is 0 Å². The van der Waals surface area contributed by atoms with E-state index in [9.17, 15) is 39.0 Å². The summed E-state index contributed by atoms with van der Waals surface area (Å²) in [4.78, 5) is 84.7. The van der Waals surface area contributed by atoms with Gasteiger partial charge in [0.2, 0.25) is 11.7 Å². The molecule has 3 aliphatic heterocycles. The van der Waals surface area contributed by atoms with Crippen LogP contribution in [-0.4, -0.2) is 118 Å². The third kappa shape index (κ3) is 11.9. The number of nitrogens with one attached hydrogen (secondary N) is 2. The largest absolute Gasteiger partial charge is 0.411 e. The molecule has 0 bridgehead atoms. The maximum atomic E-state index is 13.8. The number of ether oxygens (including phenoxy) is 2. The molecule has 3 aliphatic rings. The van der Waals surface area contributed by atoms with Crippen molar-refractivity contribution in [3.8, 4) is 0 Å². The summed E-state index contributed by atoms with van der Waals surface area (Å²) in [6.07, 6.45) is -6.34. The van der Waals surface area contributed by atoms with Gasteiger partial charge in [0.05, 0.1) is 25.2 Å². The predicted molar refractivity (Wildman–Crippen MR) is 281 cm³/mol. The van der Waals surface area contributed by atoms with Gasteiger partial charge in [-0.05, 0) is 67.2 Å². The van der Waals surface area contributed by atoms with E-state index in [4.69, 9.17) is 31.9 Å². The number of amides is 1. The molecule has 3 fully saturated rings. The molecule has 7 rings (SSSR count). The Morgan fingerprint density at radius 3 is 1.86 bits per heavy atom. The normalized spacial score (nSPS) is 25.0. The fraction of sp³-hybridized carbons (Fsp3) is 0.569. The topological polar surface area (TPSA) is 252 Å². The lowest BCUT2D eigenvalue weighted by atomic mass is 10.1. The molecule has 5 heterocycles. The van der Waals surface area contributed by atoms with E-state index in [-0.39, 0.29) is 35.1 Å². The zero-order chi connectivity index (χ0) is 54.3. The lowest BCUT2D eigenvalue weighted by Crippen LogP contribution is -2.67. The zero-order valence-corrected chi connectivity index (χ0v) is 47.2. The maximum Gasteiger partial charge on any atom is 0.338 e. The SMILES string of the molecule is CC(=O)[C@@H](OP(OC(O)[C@H]1O[C@@H](n2cc(C)c(=O)[nH]c2=O)C[C@@H]1O[Si](C)(C)C(C)(C)C)O[C@]1(O)C[C@H](n2cc(C)c(=O)[nH]c2=O)O[C@@H]1CO[Si](c1ccccc1)(c1ccccc1)C(C)(C)C)C1CCCN1C(C)=O. The zero-order valence-electron chi connectivity index (χ0n) is 44.3. The Balaban J connectivity index is 1.32. The van der Waals surface area contributed by atoms with Crippen molar-refractivity contribution in [1.29, 1.82) is 0 Å². The van der Waals surface area contributed by atoms with E-state index in [0.29, 0.717) is 19.4 Å². The molecule has 4 aromatic rings. The monoisotopic (exact) mass is 1080 g/mol. The molecular weight excluding hydrogens is 1010 g/mol. The number of ketones is 1. The van der Waals surface area contributed by atoms with E-state index in [2.05, 4.69) is 30.7 Å². The number of aliphatic hydroxyl groups is 2. The van der Waals surface area contributed by atoms with Gasteiger partial charge in [0.1, 0.15) is 30.8 Å². The molecule has 10 atom stereocenters. The highest BCUT2D eigenvalue weighted by Gasteiger charge is 2.57. The summed E-state index contributed by atoms with van der Waals surface area (Å²) >= 11 is 0. The number of Topliss-reactive ketones (excluding diaryl/α,β-unsaturated/α-hetero) is 1. The molecular formula is C51H72N5O15PSi2. The van der Waals surface area contributed by atoms with Gasteiger partial charge in [-0.25, -0.2) is 9.59 Å². The van der Waals surface area contributed by atoms with Crippen molar-refractivity contribution in [2.45, 2.75) is 173 Å². The Kier molecular flexibility index (Phi) is 17.1. The van der Waals surface area contributed by atoms with Crippen molar-refractivity contribution in [3.63, 3.8) is 0 Å². The van der Waals surface area contributed by atoms with Crippen molar-refractivity contribution in [1.82, 2.24) is 24.0 Å². The fourth-order valence-corrected chi connectivity index (χ4v) is 17.1. The molecule has 3 unspecified atom stereocenters. The number of H-pyrrole nitrogens is 2. The summed E-state index contributed by atoms with van der Waals surface area (Å²) in [6, 6.07) is 18.7. The van der Waals surface area contributed by atoms with Gasteiger partial charge in [-0.1, -0.05) is 102 Å². The van der Waals surface area contributed by atoms with Crippen LogP contribution in [-0.2, 0) is 41.5 Å². The average Bonchev–Trinajstić information content (AvgIpc) is 4.05. The van der Waals surface area contributed by atoms with Crippen molar-refractivity contribution >= 4 is 47.3 Å². The quantitative estimate of drug-likeness (QED) is 0.0609. The lowest BCUT2D eigenvalue weighted by molar-refractivity contribution is -0.205. The van der Waals surface area contributed by atoms with E-state index in [1.54, 1.807) is 0 Å². The number of benzene rings is 2. The Labute approximate surface area is 433 Å². The Hall–Kier alpha value is -4.56. The molecule has 0 radical (unpaired) electrons. The molecule has 4 N–H and O–H groups in total. The van der Waals surface area contributed by atoms with Gasteiger partial charge in [-0.3, -0.25) is 51.9 Å². The number of aromatic amines is 2. The molecule has 3 saturated heterocycles. The molecule has 1 amide bonds. The minimum atomic E-state index is -3.37. The molecule has 20 nitrogen and oxygen atoms in total. The first-order chi connectivity index (χ1) is 34.6. The number of hydrogen-bond acceptors (Lipinski definition) is 15. The molecule has 0 saturated carbocycles. The van der Waals surface area contributed by atoms with Crippen LogP contribution < -0.4 is 32.9 Å². The molecule has 74 heavy (non-hydrogen) atoms. The van der Waals surface area contributed by atoms with Crippen LogP contribution in [0, 0.1) is 13.8 Å². The first-order valence-electron chi connectivity index (χ1n) is 25.0. The molecule has 23 heteroatoms. The highest BCUT2D eigenvalue weighted by atomic mass is 31.2. The third-order valence-corrected chi connectivity index (χ3v) is 25.6. The van der Waals surface area contributed by atoms with Crippen molar-refractivity contribution < 1.29 is 51.7 Å². The number of carbonyl (C=O) groups excluding carboxylic acids is 2. The minimum Gasteiger partial charge on any atom is -0.411 e. The van der Waals surface area contributed by atoms with Crippen LogP contribution in [0.4, 0.5) is 0 Å². The van der Waals surface area contributed by atoms with E-state index in [0.717, 1.165) is 14.9 Å². The van der Waals surface area contributed by atoms with Crippen molar-refractivity contribution in [2.24, 2.45) is 0 Å². The molecule has 2 aromatic heterocycles. The van der Waals surface area contributed by atoms with Crippen LogP contribution >= 0.6 is 8.60 Å². The van der Waals surface area contributed by atoms with Gasteiger partial charge in [0.25, 0.3) is 19.4 Å². The van der Waals surface area contributed by atoms with Crippen LogP contribution in [0.5, 0.6) is 0 Å². The predicted octanol–water partition coefficient (Wildman–Crippen LogP) is 4.50. The summed E-state index contributed by atoms with van der Waals surface area (Å²) in [6.45, 7) is 22.1. The third-order valence-electron chi connectivity index (χ3n) is 14.8. The summed E-state index contributed by atoms with van der Waals surface area (Å²) in [5, 5.41) is 26.6. The summed E-state index contributed by atoms with van der Waals surface area (Å²) < 4.78 is 49.1. The van der Waals surface area contributed by atoms with E-state index in [1.165, 1.54) is 49.6 Å². The number of aryl methyl sites for hydroxylation is 2. The summed E-state index contributed by atoms with van der Waals surface area (Å²) in [5.74, 6) is -3.31. The van der Waals surface area contributed by atoms with Gasteiger partial charge in [-0.15, -0.1) is 0 Å². The molecule has 0 aliphatic carbocycles. The number of aliphatic hydroxyl groups excluding tert-OH is 1. The van der Waals surface area contributed by atoms with Crippen molar-refractivity contribution in [3.05, 3.63) is 126 Å². The van der Waals surface area contributed by atoms with E-state index >= 15 is 0 Å². The lowest BCUT2D eigenvalue weighted by Gasteiger charge is -2.44. The van der Waals surface area contributed by atoms with Gasteiger partial charge in [-0.2, -0.15) is 0 Å². The number of likely N-dealkylation sites (tertiary alicyclic amines) is 1. The molecule has 0 spiro atoms. The number of carbonyl (C=O) groups is 2. The second kappa shape index (κ2) is 22.2. The van der Waals surface area contributed by atoms with Gasteiger partial charge >= 0.3 is 20.0 Å². The van der Waals surface area contributed by atoms with Crippen molar-refractivity contribution in [2.75, 3.05) is 13.2 Å². The van der Waals surface area contributed by atoms with E-state index in [1.807, 2.05) is 94.5 Å². The average molecular weight is 1080 g/mol. The van der Waals surface area contributed by atoms with Gasteiger partial charge in [0.15, 0.2) is 20.4 Å². The smallest absolute Gasteiger partial charge is 0.338 e. The number of hydrogen-bond donors (Lipinski definition) is 4. The first kappa shape index (κ1) is 57.2. The Morgan fingerprint density at radius 2 is 1.36 bits per heavy atom. The van der Waals surface area contributed by atoms with Crippen LogP contribution in [0.2, 0.25) is 23.2 Å². The van der Waals surface area contributed by atoms with Gasteiger partial charge < -0.3 is 33.4 Å². The van der Waals surface area contributed by atoms with Crippen LogP contribution in [0.1, 0.15) is 105 Å². The Morgan fingerprint density at radius 1 is 0.824 bits per heavy atom. The number of nitrogens with zero attached hydrogens (tertiary/aromatic N) is 3. The standard InChI is InChI=1S/C51H72N5O15PSi2/c1-31-28-55(47(62)52-44(31)59)40-26-38(70-73(11,12)49(5,6)7)43(67-40)46(61)69-72(68-42(33(3)57)37-24-19-25-54(37)34(4)58)71-51(64)27-41(56-29-32(2)45(60)53-48(56)63)66-39(51)30-65-74(50(8,9)10,35-20-15-13-16-21-35)36-22-17-14-18-23-36/h13-18,20-23,28-29,37-43,46,61,64H,19,24-27,30H2,1-12H3,(H,52,59,62)(H,53,60,63)/t37?,38-,39+,40+,41+,42+,43-,46?,51+,72?/m0/s1. The molecule has 404 valence electrons. The highest BCUT2D eigenvalue weighted by molar-refractivity contribution is 7.41. The Bertz CT molecular complexity index is 2850. The van der Waals surface area contributed by atoms with Crippen LogP contribution in [0.25, 0.3) is 0 Å². The second-order valence-corrected chi connectivity index (χ2v) is 32.3. The number of aromatic nitrogens is 4. The van der Waals surface area contributed by atoms with Crippen LogP contribution in [0.15, 0.2) is 92.2 Å². The fourth-order valence-electron chi connectivity index (χ4n) is 9.83.